The number of amides is 3. The molecule has 8 nitrogen and oxygen atoms in total. The van der Waals surface area contributed by atoms with E-state index in [1.165, 1.54) is 5.69 Å². The summed E-state index contributed by atoms with van der Waals surface area (Å²) < 4.78 is 5.23. The summed E-state index contributed by atoms with van der Waals surface area (Å²) in [6.45, 7) is 6.10. The first-order valence-electron chi connectivity index (χ1n) is 11.6. The number of anilines is 2. The molecule has 0 spiro atoms. The summed E-state index contributed by atoms with van der Waals surface area (Å²) in [6.07, 6.45) is 1.23. The molecule has 2 aromatic rings. The molecule has 0 radical (unpaired) electrons. The van der Waals surface area contributed by atoms with Crippen LogP contribution in [-0.2, 0) is 4.79 Å². The normalized spacial score (nSPS) is 18.9. The van der Waals surface area contributed by atoms with Crippen molar-refractivity contribution in [1.82, 2.24) is 15.5 Å². The predicted molar refractivity (Wildman–Crippen MR) is 130 cm³/mol. The van der Waals surface area contributed by atoms with Crippen molar-refractivity contribution in [2.45, 2.75) is 18.9 Å². The van der Waals surface area contributed by atoms with Crippen molar-refractivity contribution in [3.05, 3.63) is 54.6 Å². The Labute approximate surface area is 195 Å². The molecule has 0 bridgehead atoms. The van der Waals surface area contributed by atoms with Gasteiger partial charge in [0.2, 0.25) is 5.91 Å². The number of rotatable bonds is 8. The van der Waals surface area contributed by atoms with E-state index in [-0.39, 0.29) is 18.0 Å². The minimum absolute atomic E-state index is 0.0419. The zero-order valence-electron chi connectivity index (χ0n) is 19.2. The SMILES string of the molecule is COc1ccc(N2CCN(CCCNC(=O)N[C@@H]3CC(=O)N(c4ccccc4)C3)CC2)cc1. The van der Waals surface area contributed by atoms with Gasteiger partial charge in [0.15, 0.2) is 0 Å². The highest BCUT2D eigenvalue weighted by Crippen LogP contribution is 2.21. The number of carbonyl (C=O) groups is 2. The van der Waals surface area contributed by atoms with Gasteiger partial charge < -0.3 is 25.2 Å². The van der Waals surface area contributed by atoms with Crippen molar-refractivity contribution >= 4 is 23.3 Å². The molecular formula is C25H33N5O3. The van der Waals surface area contributed by atoms with Gasteiger partial charge >= 0.3 is 6.03 Å². The number of methoxy groups -OCH3 is 1. The van der Waals surface area contributed by atoms with Crippen LogP contribution >= 0.6 is 0 Å². The maximum Gasteiger partial charge on any atom is 0.315 e. The number of carbonyl (C=O) groups excluding carboxylic acids is 2. The number of nitrogens with zero attached hydrogens (tertiary/aromatic N) is 3. The predicted octanol–water partition coefficient (Wildman–Crippen LogP) is 2.31. The van der Waals surface area contributed by atoms with Gasteiger partial charge in [-0.2, -0.15) is 0 Å². The van der Waals surface area contributed by atoms with Crippen LogP contribution in [0, 0.1) is 0 Å². The van der Waals surface area contributed by atoms with Crippen molar-refractivity contribution < 1.29 is 14.3 Å². The standard InChI is InChI=1S/C25H33N5O3/c1-33-23-10-8-21(9-11-23)29-16-14-28(15-17-29)13-5-12-26-25(32)27-20-18-24(31)30(19-20)22-6-3-2-4-7-22/h2-4,6-11,20H,5,12-19H2,1H3,(H2,26,27,32)/t20-/m1/s1. The average Bonchev–Trinajstić information content (AvgIpc) is 3.22. The molecule has 2 fully saturated rings. The third-order valence-corrected chi connectivity index (χ3v) is 6.27. The second-order valence-corrected chi connectivity index (χ2v) is 8.52. The number of nitrogens with one attached hydrogen (secondary N) is 2. The maximum absolute atomic E-state index is 12.3. The lowest BCUT2D eigenvalue weighted by Crippen LogP contribution is -2.47. The molecule has 1 atom stereocenters. The lowest BCUT2D eigenvalue weighted by atomic mass is 10.2. The minimum atomic E-state index is -0.202. The number of hydrogen-bond acceptors (Lipinski definition) is 5. The molecule has 33 heavy (non-hydrogen) atoms. The smallest absolute Gasteiger partial charge is 0.315 e. The number of ether oxygens (including phenoxy) is 1. The Morgan fingerprint density at radius 1 is 1.00 bits per heavy atom. The van der Waals surface area contributed by atoms with E-state index < -0.39 is 0 Å². The van der Waals surface area contributed by atoms with E-state index in [1.54, 1.807) is 12.0 Å². The van der Waals surface area contributed by atoms with E-state index in [4.69, 9.17) is 4.74 Å². The molecule has 0 aliphatic carbocycles. The summed E-state index contributed by atoms with van der Waals surface area (Å²) in [5, 5.41) is 5.87. The molecule has 2 aliphatic heterocycles. The van der Waals surface area contributed by atoms with Gasteiger partial charge in [-0.15, -0.1) is 0 Å². The summed E-state index contributed by atoms with van der Waals surface area (Å²) in [7, 11) is 1.68. The van der Waals surface area contributed by atoms with E-state index in [0.29, 0.717) is 19.5 Å². The Morgan fingerprint density at radius 3 is 2.42 bits per heavy atom. The Morgan fingerprint density at radius 2 is 1.73 bits per heavy atom. The number of para-hydroxylation sites is 1. The van der Waals surface area contributed by atoms with E-state index in [0.717, 1.165) is 50.6 Å². The molecular weight excluding hydrogens is 418 g/mol. The highest BCUT2D eigenvalue weighted by atomic mass is 16.5. The fourth-order valence-electron chi connectivity index (χ4n) is 4.43. The summed E-state index contributed by atoms with van der Waals surface area (Å²) in [5.74, 6) is 0.919. The van der Waals surface area contributed by atoms with Crippen LogP contribution in [0.5, 0.6) is 5.75 Å². The molecule has 3 amide bonds. The Kier molecular flexibility index (Phi) is 7.67. The number of hydrogen-bond donors (Lipinski definition) is 2. The molecule has 2 N–H and O–H groups in total. The zero-order valence-corrected chi connectivity index (χ0v) is 19.2. The lowest BCUT2D eigenvalue weighted by Gasteiger charge is -2.36. The third-order valence-electron chi connectivity index (χ3n) is 6.27. The van der Waals surface area contributed by atoms with Gasteiger partial charge in [-0.3, -0.25) is 9.69 Å². The summed E-state index contributed by atoms with van der Waals surface area (Å²) in [6, 6.07) is 17.4. The summed E-state index contributed by atoms with van der Waals surface area (Å²) >= 11 is 0. The molecule has 0 unspecified atom stereocenters. The molecule has 2 aromatic carbocycles. The number of urea groups is 1. The van der Waals surface area contributed by atoms with Gasteiger partial charge in [-0.05, 0) is 49.4 Å². The molecule has 176 valence electrons. The van der Waals surface area contributed by atoms with Crippen LogP contribution in [0.1, 0.15) is 12.8 Å². The summed E-state index contributed by atoms with van der Waals surface area (Å²) in [4.78, 5) is 31.1. The van der Waals surface area contributed by atoms with Gasteiger partial charge in [0.05, 0.1) is 13.2 Å². The topological polar surface area (TPSA) is 77.1 Å². The van der Waals surface area contributed by atoms with Gasteiger partial charge in [-0.25, -0.2) is 4.79 Å². The lowest BCUT2D eigenvalue weighted by molar-refractivity contribution is -0.117. The molecule has 0 saturated carbocycles. The second kappa shape index (κ2) is 11.0. The third kappa shape index (κ3) is 6.16. The molecule has 8 heteroatoms. The first-order chi connectivity index (χ1) is 16.1. The molecule has 4 rings (SSSR count). The van der Waals surface area contributed by atoms with Crippen LogP contribution in [0.15, 0.2) is 54.6 Å². The largest absolute Gasteiger partial charge is 0.497 e. The maximum atomic E-state index is 12.3. The van der Waals surface area contributed by atoms with Crippen LogP contribution in [0.2, 0.25) is 0 Å². The first-order valence-corrected chi connectivity index (χ1v) is 11.6. The zero-order chi connectivity index (χ0) is 23.0. The van der Waals surface area contributed by atoms with Crippen molar-refractivity contribution in [1.29, 1.82) is 0 Å². The van der Waals surface area contributed by atoms with E-state index in [1.807, 2.05) is 42.5 Å². The van der Waals surface area contributed by atoms with E-state index >= 15 is 0 Å². The minimum Gasteiger partial charge on any atom is -0.497 e. The highest BCUT2D eigenvalue weighted by Gasteiger charge is 2.31. The van der Waals surface area contributed by atoms with Gasteiger partial charge in [0.1, 0.15) is 5.75 Å². The van der Waals surface area contributed by atoms with Crippen LogP contribution in [0.25, 0.3) is 0 Å². The molecule has 0 aromatic heterocycles. The van der Waals surface area contributed by atoms with Crippen LogP contribution in [-0.4, -0.2) is 75.8 Å². The van der Waals surface area contributed by atoms with Crippen LogP contribution < -0.4 is 25.2 Å². The molecule has 2 aliphatic rings. The van der Waals surface area contributed by atoms with Crippen molar-refractivity contribution in [2.75, 3.05) is 62.7 Å². The quantitative estimate of drug-likeness (QED) is 0.603. The first kappa shape index (κ1) is 22.9. The van der Waals surface area contributed by atoms with Gasteiger partial charge in [0, 0.05) is 57.1 Å². The van der Waals surface area contributed by atoms with Gasteiger partial charge in [-0.1, -0.05) is 18.2 Å². The van der Waals surface area contributed by atoms with Crippen LogP contribution in [0.4, 0.5) is 16.2 Å². The number of benzene rings is 2. The number of piperazine rings is 1. The van der Waals surface area contributed by atoms with E-state index in [9.17, 15) is 9.59 Å². The van der Waals surface area contributed by atoms with E-state index in [2.05, 4.69) is 32.6 Å². The van der Waals surface area contributed by atoms with Crippen molar-refractivity contribution in [3.8, 4) is 5.75 Å². The van der Waals surface area contributed by atoms with Crippen molar-refractivity contribution in [2.24, 2.45) is 0 Å². The second-order valence-electron chi connectivity index (χ2n) is 8.52. The average molecular weight is 452 g/mol. The Balaban J connectivity index is 1.10. The Bertz CT molecular complexity index is 913. The fourth-order valence-corrected chi connectivity index (χ4v) is 4.43. The van der Waals surface area contributed by atoms with Crippen LogP contribution in [0.3, 0.4) is 0 Å². The molecule has 2 saturated heterocycles. The van der Waals surface area contributed by atoms with Crippen molar-refractivity contribution in [3.63, 3.8) is 0 Å². The fraction of sp³-hybridized carbons (Fsp3) is 0.440. The monoisotopic (exact) mass is 451 g/mol. The Hall–Kier alpha value is -3.26. The summed E-state index contributed by atoms with van der Waals surface area (Å²) in [5.41, 5.74) is 2.10. The highest BCUT2D eigenvalue weighted by molar-refractivity contribution is 5.96. The van der Waals surface area contributed by atoms with Gasteiger partial charge in [0.25, 0.3) is 0 Å². The molecule has 2 heterocycles.